The minimum absolute atomic E-state index is 0.0402. The summed E-state index contributed by atoms with van der Waals surface area (Å²) in [5.74, 6) is 1.54. The first-order chi connectivity index (χ1) is 14.7. The molecule has 0 aliphatic heterocycles. The third-order valence-corrected chi connectivity index (χ3v) is 4.64. The second-order valence-corrected chi connectivity index (χ2v) is 6.88. The van der Waals surface area contributed by atoms with Crippen molar-refractivity contribution in [1.29, 1.82) is 0 Å². The zero-order valence-corrected chi connectivity index (χ0v) is 17.6. The second-order valence-electron chi connectivity index (χ2n) is 6.88. The molecular formula is C24H29N3O3. The number of benzene rings is 2. The van der Waals surface area contributed by atoms with Crippen LogP contribution in [0.4, 0.5) is 0 Å². The normalized spacial score (nSPS) is 10.6. The van der Waals surface area contributed by atoms with Crippen LogP contribution in [-0.4, -0.2) is 35.4 Å². The largest absolute Gasteiger partial charge is 0.490 e. The topological polar surface area (TPSA) is 65.4 Å². The van der Waals surface area contributed by atoms with E-state index in [4.69, 9.17) is 9.47 Å². The van der Waals surface area contributed by atoms with Gasteiger partial charge in [0.2, 0.25) is 5.91 Å². The van der Waals surface area contributed by atoms with Gasteiger partial charge in [0.25, 0.3) is 0 Å². The van der Waals surface area contributed by atoms with Gasteiger partial charge in [-0.1, -0.05) is 24.3 Å². The van der Waals surface area contributed by atoms with Crippen LogP contribution in [0.1, 0.15) is 31.4 Å². The van der Waals surface area contributed by atoms with Crippen LogP contribution in [0, 0.1) is 0 Å². The standard InChI is InChI=1S/C24H29N3O3/c1-3-29-22-12-10-19(16-23(22)30-4-2)14-15-25-24(28)13-11-20-17-26-27(18-20)21-8-6-5-7-9-21/h5-10,12,16-18H,3-4,11,13-15H2,1-2H3,(H,25,28). The Morgan fingerprint density at radius 2 is 1.73 bits per heavy atom. The molecule has 30 heavy (non-hydrogen) atoms. The fraction of sp³-hybridized carbons (Fsp3) is 0.333. The van der Waals surface area contributed by atoms with Gasteiger partial charge in [0, 0.05) is 19.2 Å². The third kappa shape index (κ3) is 6.11. The van der Waals surface area contributed by atoms with Crippen molar-refractivity contribution in [1.82, 2.24) is 15.1 Å². The predicted molar refractivity (Wildman–Crippen MR) is 117 cm³/mol. The number of hydrogen-bond donors (Lipinski definition) is 1. The molecule has 3 aromatic rings. The maximum absolute atomic E-state index is 12.2. The van der Waals surface area contributed by atoms with Gasteiger partial charge in [-0.15, -0.1) is 0 Å². The van der Waals surface area contributed by atoms with Crippen molar-refractivity contribution in [2.75, 3.05) is 19.8 Å². The van der Waals surface area contributed by atoms with E-state index in [1.807, 2.05) is 79.5 Å². The molecule has 6 nitrogen and oxygen atoms in total. The SMILES string of the molecule is CCOc1ccc(CCNC(=O)CCc2cnn(-c3ccccc3)c2)cc1OCC. The molecule has 0 aliphatic rings. The Kier molecular flexibility index (Phi) is 7.89. The number of rotatable bonds is 11. The first-order valence-corrected chi connectivity index (χ1v) is 10.4. The maximum atomic E-state index is 12.2. The molecule has 0 saturated carbocycles. The number of hydrogen-bond acceptors (Lipinski definition) is 4. The summed E-state index contributed by atoms with van der Waals surface area (Å²) in [6.07, 6.45) is 5.63. The van der Waals surface area contributed by atoms with Gasteiger partial charge < -0.3 is 14.8 Å². The Morgan fingerprint density at radius 3 is 2.50 bits per heavy atom. The number of carbonyl (C=O) groups is 1. The average molecular weight is 408 g/mol. The summed E-state index contributed by atoms with van der Waals surface area (Å²) in [4.78, 5) is 12.2. The number of ether oxygens (including phenoxy) is 2. The van der Waals surface area contributed by atoms with Crippen molar-refractivity contribution in [3.05, 3.63) is 72.1 Å². The monoisotopic (exact) mass is 407 g/mol. The van der Waals surface area contributed by atoms with Gasteiger partial charge in [-0.25, -0.2) is 4.68 Å². The molecule has 1 amide bonds. The van der Waals surface area contributed by atoms with Crippen molar-refractivity contribution in [2.24, 2.45) is 0 Å². The number of nitrogens with one attached hydrogen (secondary N) is 1. The summed E-state index contributed by atoms with van der Waals surface area (Å²) >= 11 is 0. The lowest BCUT2D eigenvalue weighted by molar-refractivity contribution is -0.121. The molecule has 3 rings (SSSR count). The number of nitrogens with zero attached hydrogens (tertiary/aromatic N) is 2. The summed E-state index contributed by atoms with van der Waals surface area (Å²) in [6, 6.07) is 15.9. The molecule has 0 radical (unpaired) electrons. The van der Waals surface area contributed by atoms with Crippen molar-refractivity contribution in [2.45, 2.75) is 33.1 Å². The first-order valence-electron chi connectivity index (χ1n) is 10.4. The van der Waals surface area contributed by atoms with Crippen molar-refractivity contribution in [3.63, 3.8) is 0 Å². The van der Waals surface area contributed by atoms with E-state index in [1.165, 1.54) is 0 Å². The van der Waals surface area contributed by atoms with Crippen LogP contribution in [0.5, 0.6) is 11.5 Å². The molecule has 0 saturated heterocycles. The molecule has 0 bridgehead atoms. The van der Waals surface area contributed by atoms with Crippen LogP contribution in [-0.2, 0) is 17.6 Å². The van der Waals surface area contributed by atoms with E-state index in [-0.39, 0.29) is 5.91 Å². The molecule has 0 fully saturated rings. The minimum atomic E-state index is 0.0402. The van der Waals surface area contributed by atoms with Gasteiger partial charge in [0.1, 0.15) is 0 Å². The fourth-order valence-corrected chi connectivity index (χ4v) is 3.15. The Morgan fingerprint density at radius 1 is 0.967 bits per heavy atom. The summed E-state index contributed by atoms with van der Waals surface area (Å²) in [5.41, 5.74) is 3.16. The second kappa shape index (κ2) is 11.0. The number of aryl methyl sites for hydroxylation is 1. The predicted octanol–water partition coefficient (Wildman–Crippen LogP) is 3.96. The van der Waals surface area contributed by atoms with E-state index in [2.05, 4.69) is 10.4 Å². The maximum Gasteiger partial charge on any atom is 0.220 e. The van der Waals surface area contributed by atoms with Gasteiger partial charge in [0.05, 0.1) is 25.1 Å². The highest BCUT2D eigenvalue weighted by Crippen LogP contribution is 2.28. The highest BCUT2D eigenvalue weighted by atomic mass is 16.5. The Labute approximate surface area is 177 Å². The van der Waals surface area contributed by atoms with Crippen LogP contribution in [0.3, 0.4) is 0 Å². The Hall–Kier alpha value is -3.28. The zero-order chi connectivity index (χ0) is 21.2. The molecule has 1 heterocycles. The van der Waals surface area contributed by atoms with E-state index >= 15 is 0 Å². The lowest BCUT2D eigenvalue weighted by Gasteiger charge is -2.12. The number of aromatic nitrogens is 2. The highest BCUT2D eigenvalue weighted by Gasteiger charge is 2.08. The summed E-state index contributed by atoms with van der Waals surface area (Å²) in [6.45, 7) is 5.67. The highest BCUT2D eigenvalue weighted by molar-refractivity contribution is 5.76. The van der Waals surface area contributed by atoms with Gasteiger partial charge in [-0.05, 0) is 62.1 Å². The third-order valence-electron chi connectivity index (χ3n) is 4.64. The van der Waals surface area contributed by atoms with Crippen LogP contribution >= 0.6 is 0 Å². The van der Waals surface area contributed by atoms with Gasteiger partial charge in [-0.2, -0.15) is 5.10 Å². The molecule has 0 spiro atoms. The number of carbonyl (C=O) groups excluding carboxylic acids is 1. The summed E-state index contributed by atoms with van der Waals surface area (Å²) < 4.78 is 13.1. The molecule has 2 aromatic carbocycles. The van der Waals surface area contributed by atoms with Crippen LogP contribution < -0.4 is 14.8 Å². The first kappa shape index (κ1) is 21.4. The van der Waals surface area contributed by atoms with Crippen LogP contribution in [0.2, 0.25) is 0 Å². The average Bonchev–Trinajstić information content (AvgIpc) is 3.24. The zero-order valence-electron chi connectivity index (χ0n) is 17.6. The molecule has 0 atom stereocenters. The molecular weight excluding hydrogens is 378 g/mol. The fourth-order valence-electron chi connectivity index (χ4n) is 3.15. The number of para-hydroxylation sites is 1. The molecule has 0 aliphatic carbocycles. The Bertz CT molecular complexity index is 938. The Balaban J connectivity index is 1.44. The molecule has 1 aromatic heterocycles. The van der Waals surface area contributed by atoms with Crippen molar-refractivity contribution < 1.29 is 14.3 Å². The van der Waals surface area contributed by atoms with E-state index in [0.29, 0.717) is 32.6 Å². The van der Waals surface area contributed by atoms with Crippen LogP contribution in [0.15, 0.2) is 60.9 Å². The van der Waals surface area contributed by atoms with Gasteiger partial charge in [-0.3, -0.25) is 4.79 Å². The van der Waals surface area contributed by atoms with Crippen LogP contribution in [0.25, 0.3) is 5.69 Å². The molecule has 1 N–H and O–H groups in total. The lowest BCUT2D eigenvalue weighted by Crippen LogP contribution is -2.25. The quantitative estimate of drug-likeness (QED) is 0.523. The smallest absolute Gasteiger partial charge is 0.220 e. The van der Waals surface area contributed by atoms with E-state index in [1.54, 1.807) is 0 Å². The van der Waals surface area contributed by atoms with E-state index in [0.717, 1.165) is 34.7 Å². The van der Waals surface area contributed by atoms with Crippen molar-refractivity contribution >= 4 is 5.91 Å². The molecule has 158 valence electrons. The molecule has 6 heteroatoms. The summed E-state index contributed by atoms with van der Waals surface area (Å²) in [7, 11) is 0. The van der Waals surface area contributed by atoms with Gasteiger partial charge >= 0.3 is 0 Å². The minimum Gasteiger partial charge on any atom is -0.490 e. The molecule has 0 unspecified atom stereocenters. The summed E-state index contributed by atoms with van der Waals surface area (Å²) in [5, 5.41) is 7.37. The van der Waals surface area contributed by atoms with Crippen molar-refractivity contribution in [3.8, 4) is 17.2 Å². The van der Waals surface area contributed by atoms with E-state index in [9.17, 15) is 4.79 Å². The van der Waals surface area contributed by atoms with E-state index < -0.39 is 0 Å². The lowest BCUT2D eigenvalue weighted by atomic mass is 10.1. The van der Waals surface area contributed by atoms with Gasteiger partial charge in [0.15, 0.2) is 11.5 Å². The number of amides is 1.